The molecule has 1 heterocycles. The second-order valence-electron chi connectivity index (χ2n) is 6.91. The van der Waals surface area contributed by atoms with E-state index >= 15 is 0 Å². The first-order valence-corrected chi connectivity index (χ1v) is 11.5. The molecule has 156 valence electrons. The second kappa shape index (κ2) is 9.43. The van der Waals surface area contributed by atoms with Crippen LogP contribution >= 0.6 is 23.2 Å². The minimum atomic E-state index is -3.26. The fourth-order valence-electron chi connectivity index (χ4n) is 3.01. The molecule has 0 spiro atoms. The molecule has 0 bridgehead atoms. The van der Waals surface area contributed by atoms with Crippen molar-refractivity contribution in [3.8, 4) is 0 Å². The molecule has 1 fully saturated rings. The monoisotopic (exact) mass is 450 g/mol. The lowest BCUT2D eigenvalue weighted by molar-refractivity contribution is -0.160. The summed E-state index contributed by atoms with van der Waals surface area (Å²) in [4.78, 5) is 24.7. The van der Waals surface area contributed by atoms with Crippen LogP contribution in [-0.4, -0.2) is 50.0 Å². The number of nitrogens with one attached hydrogen (secondary N) is 1. The Hall–Kier alpha value is -1.35. The largest absolute Gasteiger partial charge is 0.452 e. The van der Waals surface area contributed by atoms with Crippen LogP contribution < -0.4 is 5.32 Å². The number of ether oxygens (including phenoxy) is 1. The summed E-state index contributed by atoms with van der Waals surface area (Å²) in [7, 11) is -3.26. The summed E-state index contributed by atoms with van der Waals surface area (Å²) in [5.41, 5.74) is 0.700. The smallest absolute Gasteiger partial charge is 0.309 e. The molecule has 0 saturated carbocycles. The zero-order valence-electron chi connectivity index (χ0n) is 15.9. The van der Waals surface area contributed by atoms with Gasteiger partial charge in [-0.2, -0.15) is 0 Å². The molecule has 1 aromatic rings. The first-order valence-electron chi connectivity index (χ1n) is 8.90. The van der Waals surface area contributed by atoms with Crippen LogP contribution in [0.4, 0.5) is 0 Å². The average Bonchev–Trinajstić information content (AvgIpc) is 2.60. The first kappa shape index (κ1) is 22.9. The number of esters is 1. The van der Waals surface area contributed by atoms with Gasteiger partial charge >= 0.3 is 5.97 Å². The number of carbonyl (C=O) groups is 2. The Kier molecular flexibility index (Phi) is 7.73. The number of piperidine rings is 1. The minimum absolute atomic E-state index is 0.269. The van der Waals surface area contributed by atoms with Gasteiger partial charge in [0.25, 0.3) is 5.91 Å². The quantitative estimate of drug-likeness (QED) is 0.672. The van der Waals surface area contributed by atoms with Gasteiger partial charge in [-0.3, -0.25) is 9.59 Å². The van der Waals surface area contributed by atoms with Gasteiger partial charge in [0.2, 0.25) is 10.0 Å². The highest BCUT2D eigenvalue weighted by Crippen LogP contribution is 2.26. The van der Waals surface area contributed by atoms with Crippen molar-refractivity contribution in [2.75, 3.05) is 19.3 Å². The number of hydrogen-bond donors (Lipinski definition) is 1. The Morgan fingerprint density at radius 3 is 2.36 bits per heavy atom. The van der Waals surface area contributed by atoms with Crippen molar-refractivity contribution in [3.05, 3.63) is 33.8 Å². The molecule has 10 heteroatoms. The van der Waals surface area contributed by atoms with Crippen molar-refractivity contribution in [2.24, 2.45) is 5.92 Å². The van der Waals surface area contributed by atoms with Crippen LogP contribution in [0.5, 0.6) is 0 Å². The summed E-state index contributed by atoms with van der Waals surface area (Å²) < 4.78 is 29.7. The third-order valence-corrected chi connectivity index (χ3v) is 6.57. The van der Waals surface area contributed by atoms with E-state index in [0.717, 1.165) is 6.26 Å². The molecule has 0 aromatic heterocycles. The van der Waals surface area contributed by atoms with Crippen LogP contribution in [0.2, 0.25) is 10.0 Å². The lowest BCUT2D eigenvalue weighted by Gasteiger charge is -2.29. The van der Waals surface area contributed by atoms with E-state index in [9.17, 15) is 18.0 Å². The van der Waals surface area contributed by atoms with Gasteiger partial charge < -0.3 is 10.1 Å². The van der Waals surface area contributed by atoms with Crippen molar-refractivity contribution < 1.29 is 22.7 Å². The molecule has 2 unspecified atom stereocenters. The van der Waals surface area contributed by atoms with Gasteiger partial charge in [-0.05, 0) is 44.4 Å². The molecule has 0 aliphatic carbocycles. The molecule has 0 radical (unpaired) electrons. The van der Waals surface area contributed by atoms with Gasteiger partial charge in [0.1, 0.15) is 0 Å². The standard InChI is InChI=1S/C18H24Cl2N2O5S/c1-11(15-5-4-14(19)10-16(15)20)21-17(23)12(2)27-18(24)13-6-8-22(9-7-13)28(3,25)26/h4-5,10-13H,6-9H2,1-3H3,(H,21,23). The molecule has 1 amide bonds. The predicted molar refractivity (Wildman–Crippen MR) is 108 cm³/mol. The van der Waals surface area contributed by atoms with Crippen molar-refractivity contribution in [3.63, 3.8) is 0 Å². The van der Waals surface area contributed by atoms with Crippen LogP contribution in [0.1, 0.15) is 38.3 Å². The predicted octanol–water partition coefficient (Wildman–Crippen LogP) is 2.77. The van der Waals surface area contributed by atoms with Gasteiger partial charge in [-0.25, -0.2) is 12.7 Å². The number of nitrogens with zero attached hydrogens (tertiary/aromatic N) is 1. The molecule has 1 N–H and O–H groups in total. The number of hydrogen-bond acceptors (Lipinski definition) is 5. The van der Waals surface area contributed by atoms with Crippen LogP contribution in [0, 0.1) is 5.92 Å². The SMILES string of the molecule is CC(OC(=O)C1CCN(S(C)(=O)=O)CC1)C(=O)NC(C)c1ccc(Cl)cc1Cl. The molecule has 2 rings (SSSR count). The fraction of sp³-hybridized carbons (Fsp3) is 0.556. The maximum absolute atomic E-state index is 12.4. The lowest BCUT2D eigenvalue weighted by atomic mass is 9.98. The Labute approximate surface area is 175 Å². The summed E-state index contributed by atoms with van der Waals surface area (Å²) in [6.07, 6.45) is 0.911. The Morgan fingerprint density at radius 1 is 1.21 bits per heavy atom. The van der Waals surface area contributed by atoms with E-state index in [2.05, 4.69) is 5.32 Å². The minimum Gasteiger partial charge on any atom is -0.452 e. The van der Waals surface area contributed by atoms with E-state index in [1.165, 1.54) is 11.2 Å². The van der Waals surface area contributed by atoms with E-state index in [1.807, 2.05) is 0 Å². The summed E-state index contributed by atoms with van der Waals surface area (Å²) in [5.74, 6) is -1.36. The molecular formula is C18H24Cl2N2O5S. The molecule has 1 aliphatic heterocycles. The first-order chi connectivity index (χ1) is 13.0. The number of amides is 1. The third kappa shape index (κ3) is 6.07. The number of halogens is 2. The lowest BCUT2D eigenvalue weighted by Crippen LogP contribution is -2.42. The molecule has 28 heavy (non-hydrogen) atoms. The topological polar surface area (TPSA) is 92.8 Å². The molecular weight excluding hydrogens is 427 g/mol. The Morgan fingerprint density at radius 2 is 1.82 bits per heavy atom. The number of carbonyl (C=O) groups excluding carboxylic acids is 2. The Balaban J connectivity index is 1.87. The fourth-order valence-corrected chi connectivity index (χ4v) is 4.45. The number of sulfonamides is 1. The molecule has 1 aromatic carbocycles. The van der Waals surface area contributed by atoms with E-state index in [1.54, 1.807) is 25.1 Å². The zero-order valence-corrected chi connectivity index (χ0v) is 18.3. The van der Waals surface area contributed by atoms with E-state index in [0.29, 0.717) is 28.5 Å². The van der Waals surface area contributed by atoms with Crippen molar-refractivity contribution in [1.29, 1.82) is 0 Å². The highest BCUT2D eigenvalue weighted by molar-refractivity contribution is 7.88. The zero-order chi connectivity index (χ0) is 21.1. The van der Waals surface area contributed by atoms with Crippen LogP contribution in [-0.2, 0) is 24.3 Å². The summed E-state index contributed by atoms with van der Waals surface area (Å²) in [6.45, 7) is 3.80. The van der Waals surface area contributed by atoms with Gasteiger partial charge in [0, 0.05) is 23.1 Å². The highest BCUT2D eigenvalue weighted by Gasteiger charge is 2.31. The number of benzene rings is 1. The van der Waals surface area contributed by atoms with Crippen molar-refractivity contribution in [1.82, 2.24) is 9.62 Å². The second-order valence-corrected chi connectivity index (χ2v) is 9.74. The third-order valence-electron chi connectivity index (χ3n) is 4.71. The number of rotatable bonds is 6. The maximum Gasteiger partial charge on any atom is 0.309 e. The average molecular weight is 451 g/mol. The van der Waals surface area contributed by atoms with Crippen molar-refractivity contribution >= 4 is 45.1 Å². The highest BCUT2D eigenvalue weighted by atomic mass is 35.5. The van der Waals surface area contributed by atoms with Crippen LogP contribution in [0.3, 0.4) is 0 Å². The molecule has 2 atom stereocenters. The van der Waals surface area contributed by atoms with E-state index in [-0.39, 0.29) is 13.1 Å². The molecule has 1 aliphatic rings. The van der Waals surface area contributed by atoms with E-state index in [4.69, 9.17) is 27.9 Å². The van der Waals surface area contributed by atoms with Crippen LogP contribution in [0.25, 0.3) is 0 Å². The summed E-state index contributed by atoms with van der Waals surface area (Å²) in [6, 6.07) is 4.60. The van der Waals surface area contributed by atoms with Crippen molar-refractivity contribution in [2.45, 2.75) is 38.8 Å². The maximum atomic E-state index is 12.4. The van der Waals surface area contributed by atoms with Crippen LogP contribution in [0.15, 0.2) is 18.2 Å². The van der Waals surface area contributed by atoms with E-state index < -0.39 is 40.0 Å². The van der Waals surface area contributed by atoms with Gasteiger partial charge in [0.15, 0.2) is 6.10 Å². The van der Waals surface area contributed by atoms with Gasteiger partial charge in [-0.1, -0.05) is 29.3 Å². The molecule has 1 saturated heterocycles. The van der Waals surface area contributed by atoms with Gasteiger partial charge in [-0.15, -0.1) is 0 Å². The summed E-state index contributed by atoms with van der Waals surface area (Å²) in [5, 5.41) is 3.69. The summed E-state index contributed by atoms with van der Waals surface area (Å²) >= 11 is 12.0. The normalized spacial score (nSPS) is 18.3. The Bertz CT molecular complexity index is 838. The molecule has 7 nitrogen and oxygen atoms in total. The van der Waals surface area contributed by atoms with Gasteiger partial charge in [0.05, 0.1) is 18.2 Å².